The van der Waals surface area contributed by atoms with E-state index in [4.69, 9.17) is 4.74 Å². The Labute approximate surface area is 194 Å². The predicted molar refractivity (Wildman–Crippen MR) is 126 cm³/mol. The lowest BCUT2D eigenvalue weighted by Crippen LogP contribution is -2.33. The third-order valence-electron chi connectivity index (χ3n) is 6.29. The standard InChI is InChI=1S/C27H30FN3O2/c1-33-27(32)31(19-22-5-4-14-29-17-22)20-24-6-2-3-7-26(24)23-12-15-30(16-13-23)18-21-8-10-25(28)11-9-21/h2-11,14,17,23H,12-13,15-16,18-20H2,1H3. The number of benzene rings is 2. The summed E-state index contributed by atoms with van der Waals surface area (Å²) in [4.78, 5) is 20.8. The molecule has 0 N–H and O–H groups in total. The molecule has 172 valence electrons. The van der Waals surface area contributed by atoms with Crippen LogP contribution in [-0.2, 0) is 24.4 Å². The minimum atomic E-state index is -0.345. The van der Waals surface area contributed by atoms with Crippen molar-refractivity contribution in [1.82, 2.24) is 14.8 Å². The molecule has 0 radical (unpaired) electrons. The van der Waals surface area contributed by atoms with E-state index in [9.17, 15) is 9.18 Å². The van der Waals surface area contributed by atoms with Crippen LogP contribution in [0.2, 0.25) is 0 Å². The minimum absolute atomic E-state index is 0.196. The van der Waals surface area contributed by atoms with E-state index in [-0.39, 0.29) is 11.9 Å². The fraction of sp³-hybridized carbons (Fsp3) is 0.333. The lowest BCUT2D eigenvalue weighted by atomic mass is 9.86. The molecule has 4 rings (SSSR count). The largest absolute Gasteiger partial charge is 0.453 e. The quantitative estimate of drug-likeness (QED) is 0.489. The number of hydrogen-bond donors (Lipinski definition) is 0. The van der Waals surface area contributed by atoms with Crippen molar-refractivity contribution in [2.24, 2.45) is 0 Å². The molecule has 1 fully saturated rings. The molecule has 1 aliphatic heterocycles. The van der Waals surface area contributed by atoms with E-state index in [1.165, 1.54) is 24.8 Å². The van der Waals surface area contributed by atoms with Gasteiger partial charge in [0.15, 0.2) is 0 Å². The number of ether oxygens (including phenoxy) is 1. The van der Waals surface area contributed by atoms with Crippen LogP contribution in [0.3, 0.4) is 0 Å². The Bertz CT molecular complexity index is 1030. The van der Waals surface area contributed by atoms with Gasteiger partial charge in [-0.15, -0.1) is 0 Å². The second kappa shape index (κ2) is 11.1. The van der Waals surface area contributed by atoms with E-state index < -0.39 is 0 Å². The Morgan fingerprint density at radius 3 is 2.48 bits per heavy atom. The fourth-order valence-electron chi connectivity index (χ4n) is 4.56. The number of carbonyl (C=O) groups is 1. The van der Waals surface area contributed by atoms with Gasteiger partial charge in [0.1, 0.15) is 5.82 Å². The van der Waals surface area contributed by atoms with Gasteiger partial charge < -0.3 is 4.74 Å². The molecule has 1 aliphatic rings. The Kier molecular flexibility index (Phi) is 7.68. The van der Waals surface area contributed by atoms with E-state index >= 15 is 0 Å². The van der Waals surface area contributed by atoms with Crippen molar-refractivity contribution in [3.8, 4) is 0 Å². The van der Waals surface area contributed by atoms with Crippen LogP contribution in [0.25, 0.3) is 0 Å². The van der Waals surface area contributed by atoms with Crippen LogP contribution in [0, 0.1) is 5.82 Å². The third kappa shape index (κ3) is 6.17. The number of likely N-dealkylation sites (tertiary alicyclic amines) is 1. The molecule has 0 spiro atoms. The van der Waals surface area contributed by atoms with E-state index in [2.05, 4.69) is 28.1 Å². The Morgan fingerprint density at radius 1 is 1.03 bits per heavy atom. The number of amides is 1. The van der Waals surface area contributed by atoms with Crippen LogP contribution >= 0.6 is 0 Å². The van der Waals surface area contributed by atoms with Crippen LogP contribution in [-0.4, -0.2) is 41.1 Å². The number of carbonyl (C=O) groups excluding carboxylic acids is 1. The lowest BCUT2D eigenvalue weighted by Gasteiger charge is -2.33. The first kappa shape index (κ1) is 22.9. The first-order chi connectivity index (χ1) is 16.1. The molecule has 1 saturated heterocycles. The van der Waals surface area contributed by atoms with Gasteiger partial charge in [-0.2, -0.15) is 0 Å². The molecule has 6 heteroatoms. The zero-order valence-corrected chi connectivity index (χ0v) is 19.0. The molecule has 2 aromatic carbocycles. The molecule has 0 unspecified atom stereocenters. The fourth-order valence-corrected chi connectivity index (χ4v) is 4.56. The lowest BCUT2D eigenvalue weighted by molar-refractivity contribution is 0.117. The van der Waals surface area contributed by atoms with Crippen LogP contribution in [0.5, 0.6) is 0 Å². The van der Waals surface area contributed by atoms with E-state index in [0.717, 1.165) is 49.2 Å². The van der Waals surface area contributed by atoms with Crippen molar-refractivity contribution < 1.29 is 13.9 Å². The summed E-state index contributed by atoms with van der Waals surface area (Å²) in [6, 6.07) is 19.0. The van der Waals surface area contributed by atoms with Crippen molar-refractivity contribution in [3.05, 3.63) is 101 Å². The average Bonchev–Trinajstić information content (AvgIpc) is 2.86. The van der Waals surface area contributed by atoms with E-state index in [1.54, 1.807) is 17.3 Å². The van der Waals surface area contributed by atoms with Crippen LogP contribution in [0.4, 0.5) is 9.18 Å². The highest BCUT2D eigenvalue weighted by Crippen LogP contribution is 2.32. The highest BCUT2D eigenvalue weighted by atomic mass is 19.1. The van der Waals surface area contributed by atoms with Gasteiger partial charge in [0.25, 0.3) is 0 Å². The van der Waals surface area contributed by atoms with Gasteiger partial charge in [-0.1, -0.05) is 42.5 Å². The number of rotatable bonds is 7. The van der Waals surface area contributed by atoms with Crippen molar-refractivity contribution in [1.29, 1.82) is 0 Å². The van der Waals surface area contributed by atoms with E-state index in [0.29, 0.717) is 19.0 Å². The molecule has 1 amide bonds. The summed E-state index contributed by atoms with van der Waals surface area (Å²) in [5, 5.41) is 0. The number of pyridine rings is 1. The summed E-state index contributed by atoms with van der Waals surface area (Å²) >= 11 is 0. The Morgan fingerprint density at radius 2 is 1.79 bits per heavy atom. The monoisotopic (exact) mass is 447 g/mol. The maximum atomic E-state index is 13.2. The minimum Gasteiger partial charge on any atom is -0.453 e. The molecule has 33 heavy (non-hydrogen) atoms. The summed E-state index contributed by atoms with van der Waals surface area (Å²) in [5.74, 6) is 0.252. The van der Waals surface area contributed by atoms with Crippen molar-refractivity contribution >= 4 is 6.09 Å². The maximum Gasteiger partial charge on any atom is 0.410 e. The third-order valence-corrected chi connectivity index (χ3v) is 6.29. The number of halogens is 1. The average molecular weight is 448 g/mol. The smallest absolute Gasteiger partial charge is 0.410 e. The summed E-state index contributed by atoms with van der Waals surface area (Å²) in [5.41, 5.74) is 4.57. The summed E-state index contributed by atoms with van der Waals surface area (Å²) in [6.45, 7) is 3.77. The SMILES string of the molecule is COC(=O)N(Cc1cccnc1)Cc1ccccc1C1CCN(Cc2ccc(F)cc2)CC1. The first-order valence-corrected chi connectivity index (χ1v) is 11.4. The maximum absolute atomic E-state index is 13.2. The molecule has 5 nitrogen and oxygen atoms in total. The van der Waals surface area contributed by atoms with Gasteiger partial charge in [-0.25, -0.2) is 9.18 Å². The molecule has 2 heterocycles. The number of aromatic nitrogens is 1. The zero-order valence-electron chi connectivity index (χ0n) is 19.0. The predicted octanol–water partition coefficient (Wildman–Crippen LogP) is 5.37. The van der Waals surface area contributed by atoms with Gasteiger partial charge in [0.05, 0.1) is 13.7 Å². The number of nitrogens with zero attached hydrogens (tertiary/aromatic N) is 3. The molecule has 0 saturated carbocycles. The van der Waals surface area contributed by atoms with Gasteiger partial charge in [-0.3, -0.25) is 14.8 Å². The number of piperidine rings is 1. The summed E-state index contributed by atoms with van der Waals surface area (Å²) in [7, 11) is 1.42. The normalized spacial score (nSPS) is 14.7. The van der Waals surface area contributed by atoms with Crippen LogP contribution in [0.15, 0.2) is 73.1 Å². The van der Waals surface area contributed by atoms with E-state index in [1.807, 2.05) is 30.3 Å². The molecule has 0 atom stereocenters. The second-order valence-corrected chi connectivity index (χ2v) is 8.56. The topological polar surface area (TPSA) is 45.7 Å². The Balaban J connectivity index is 1.42. The molecular formula is C27H30FN3O2. The molecule has 1 aromatic heterocycles. The van der Waals surface area contributed by atoms with Crippen molar-refractivity contribution in [2.45, 2.75) is 38.4 Å². The number of hydrogen-bond acceptors (Lipinski definition) is 4. The molecule has 0 bridgehead atoms. The second-order valence-electron chi connectivity index (χ2n) is 8.56. The molecule has 3 aromatic rings. The number of methoxy groups -OCH3 is 1. The molecule has 0 aliphatic carbocycles. The highest BCUT2D eigenvalue weighted by Gasteiger charge is 2.24. The highest BCUT2D eigenvalue weighted by molar-refractivity contribution is 5.67. The van der Waals surface area contributed by atoms with Gasteiger partial charge in [0, 0.05) is 25.5 Å². The van der Waals surface area contributed by atoms with Crippen LogP contribution in [0.1, 0.15) is 41.0 Å². The Hall–Kier alpha value is -3.25. The van der Waals surface area contributed by atoms with Crippen LogP contribution < -0.4 is 0 Å². The van der Waals surface area contributed by atoms with Gasteiger partial charge in [0.2, 0.25) is 0 Å². The van der Waals surface area contributed by atoms with Crippen molar-refractivity contribution in [2.75, 3.05) is 20.2 Å². The summed E-state index contributed by atoms with van der Waals surface area (Å²) < 4.78 is 18.2. The molecular weight excluding hydrogens is 417 g/mol. The summed E-state index contributed by atoms with van der Waals surface area (Å²) in [6.07, 6.45) is 5.27. The van der Waals surface area contributed by atoms with Gasteiger partial charge in [-0.05, 0) is 72.3 Å². The zero-order chi connectivity index (χ0) is 23.0. The van der Waals surface area contributed by atoms with Crippen molar-refractivity contribution in [3.63, 3.8) is 0 Å². The van der Waals surface area contributed by atoms with Gasteiger partial charge >= 0.3 is 6.09 Å². The first-order valence-electron chi connectivity index (χ1n) is 11.4.